The summed E-state index contributed by atoms with van der Waals surface area (Å²) in [6.45, 7) is 2.07. The molecule has 2 nitrogen and oxygen atoms in total. The van der Waals surface area contributed by atoms with Crippen molar-refractivity contribution >= 4 is 0 Å². The molecule has 1 N–H and O–H groups in total. The Kier molecular flexibility index (Phi) is 5.95. The second-order valence-electron chi connectivity index (χ2n) is 4.77. The number of nitrogens with one attached hydrogen (secondary N) is 1. The van der Waals surface area contributed by atoms with Crippen LogP contribution in [0.15, 0.2) is 12.1 Å². The number of benzene rings is 1. The zero-order valence-electron chi connectivity index (χ0n) is 11.8. The van der Waals surface area contributed by atoms with Gasteiger partial charge >= 0.3 is 6.18 Å². The molecule has 1 aromatic carbocycles. The largest absolute Gasteiger partial charge is 0.411 e. The Balaban J connectivity index is 2.63. The van der Waals surface area contributed by atoms with Gasteiger partial charge in [0.1, 0.15) is 12.4 Å². The average Bonchev–Trinajstić information content (AvgIpc) is 2.34. The first kappa shape index (κ1) is 16.9. The lowest BCUT2D eigenvalue weighted by Gasteiger charge is -2.18. The highest BCUT2D eigenvalue weighted by atomic mass is 19.4. The molecule has 20 heavy (non-hydrogen) atoms. The van der Waals surface area contributed by atoms with Gasteiger partial charge in [0.2, 0.25) is 0 Å². The summed E-state index contributed by atoms with van der Waals surface area (Å²) >= 11 is 0. The molecule has 0 spiro atoms. The topological polar surface area (TPSA) is 21.3 Å². The van der Waals surface area contributed by atoms with Gasteiger partial charge in [0.25, 0.3) is 0 Å². The molecule has 0 amide bonds. The van der Waals surface area contributed by atoms with E-state index in [1.165, 1.54) is 0 Å². The predicted molar refractivity (Wildman–Crippen MR) is 69.2 cm³/mol. The first-order valence-electron chi connectivity index (χ1n) is 6.33. The van der Waals surface area contributed by atoms with E-state index in [1.807, 2.05) is 0 Å². The normalized spacial score (nSPS) is 13.6. The lowest BCUT2D eigenvalue weighted by molar-refractivity contribution is -0.174. The molecule has 1 aromatic rings. The summed E-state index contributed by atoms with van der Waals surface area (Å²) in [5.41, 5.74) is 1.90. The molecule has 1 rings (SSSR count). The van der Waals surface area contributed by atoms with Crippen molar-refractivity contribution in [3.63, 3.8) is 0 Å². The summed E-state index contributed by atoms with van der Waals surface area (Å²) in [5, 5.41) is 3.01. The molecule has 0 bridgehead atoms. The van der Waals surface area contributed by atoms with E-state index in [2.05, 4.69) is 10.1 Å². The quantitative estimate of drug-likeness (QED) is 0.638. The van der Waals surface area contributed by atoms with Crippen LogP contribution in [0.25, 0.3) is 0 Å². The number of hydrogen-bond donors (Lipinski definition) is 1. The first-order chi connectivity index (χ1) is 9.24. The minimum atomic E-state index is -4.31. The average molecular weight is 293 g/mol. The third-order valence-corrected chi connectivity index (χ3v) is 3.03. The Bertz CT molecular complexity index is 422. The molecule has 0 aliphatic rings. The van der Waals surface area contributed by atoms with Crippen LogP contribution in [0.1, 0.15) is 29.2 Å². The van der Waals surface area contributed by atoms with E-state index in [1.54, 1.807) is 33.0 Å². The summed E-state index contributed by atoms with van der Waals surface area (Å²) in [7, 11) is 1.71. The molecular formula is C14H19F4NO. The van der Waals surface area contributed by atoms with Crippen LogP contribution in [0.5, 0.6) is 0 Å². The fourth-order valence-electron chi connectivity index (χ4n) is 2.05. The SMILES string of the molecule is CNC(CCOCC(F)(F)F)c1cc(C)c(F)c(C)c1. The van der Waals surface area contributed by atoms with E-state index < -0.39 is 12.8 Å². The second kappa shape index (κ2) is 7.04. The van der Waals surface area contributed by atoms with Crippen molar-refractivity contribution in [2.45, 2.75) is 32.5 Å². The molecule has 0 heterocycles. The molecule has 6 heteroatoms. The molecule has 114 valence electrons. The van der Waals surface area contributed by atoms with Crippen LogP contribution < -0.4 is 5.32 Å². The summed E-state index contributed by atoms with van der Waals surface area (Å²) in [5.74, 6) is -0.253. The van der Waals surface area contributed by atoms with Crippen molar-refractivity contribution in [1.29, 1.82) is 0 Å². The molecular weight excluding hydrogens is 274 g/mol. The Morgan fingerprint density at radius 3 is 2.20 bits per heavy atom. The summed E-state index contributed by atoms with van der Waals surface area (Å²) in [6, 6.07) is 3.24. The van der Waals surface area contributed by atoms with Crippen molar-refractivity contribution in [1.82, 2.24) is 5.32 Å². The summed E-state index contributed by atoms with van der Waals surface area (Å²) < 4.78 is 54.0. The summed E-state index contributed by atoms with van der Waals surface area (Å²) in [6.07, 6.45) is -3.92. The Morgan fingerprint density at radius 1 is 1.20 bits per heavy atom. The van der Waals surface area contributed by atoms with Crippen molar-refractivity contribution in [2.75, 3.05) is 20.3 Å². The van der Waals surface area contributed by atoms with Crippen LogP contribution in [0.2, 0.25) is 0 Å². The lowest BCUT2D eigenvalue weighted by atomic mass is 9.99. The van der Waals surface area contributed by atoms with E-state index in [9.17, 15) is 17.6 Å². The monoisotopic (exact) mass is 293 g/mol. The lowest BCUT2D eigenvalue weighted by Crippen LogP contribution is -2.22. The van der Waals surface area contributed by atoms with Gasteiger partial charge in [-0.05, 0) is 44.0 Å². The van der Waals surface area contributed by atoms with E-state index in [-0.39, 0.29) is 18.5 Å². The second-order valence-corrected chi connectivity index (χ2v) is 4.77. The number of halogens is 4. The van der Waals surface area contributed by atoms with E-state index in [4.69, 9.17) is 0 Å². The molecule has 0 saturated carbocycles. The zero-order chi connectivity index (χ0) is 15.3. The van der Waals surface area contributed by atoms with Gasteiger partial charge in [0, 0.05) is 12.6 Å². The highest BCUT2D eigenvalue weighted by molar-refractivity contribution is 5.32. The third-order valence-electron chi connectivity index (χ3n) is 3.03. The van der Waals surface area contributed by atoms with Crippen LogP contribution in [0.4, 0.5) is 17.6 Å². The maximum Gasteiger partial charge on any atom is 0.411 e. The summed E-state index contributed by atoms with van der Waals surface area (Å²) in [4.78, 5) is 0. The number of alkyl halides is 3. The van der Waals surface area contributed by atoms with Crippen LogP contribution in [0, 0.1) is 19.7 Å². The van der Waals surface area contributed by atoms with Crippen molar-refractivity contribution in [3.05, 3.63) is 34.6 Å². The minimum Gasteiger partial charge on any atom is -0.372 e. The Labute approximate surface area is 116 Å². The number of aryl methyl sites for hydroxylation is 2. The van der Waals surface area contributed by atoms with Crippen molar-refractivity contribution in [2.24, 2.45) is 0 Å². The van der Waals surface area contributed by atoms with Gasteiger partial charge < -0.3 is 10.1 Å². The van der Waals surface area contributed by atoms with Crippen LogP contribution in [-0.4, -0.2) is 26.4 Å². The maximum absolute atomic E-state index is 13.5. The van der Waals surface area contributed by atoms with Crippen molar-refractivity contribution in [3.8, 4) is 0 Å². The number of rotatable bonds is 6. The first-order valence-corrected chi connectivity index (χ1v) is 6.33. The van der Waals surface area contributed by atoms with Gasteiger partial charge in [-0.1, -0.05) is 12.1 Å². The maximum atomic E-state index is 13.5. The van der Waals surface area contributed by atoms with Crippen LogP contribution >= 0.6 is 0 Å². The fourth-order valence-corrected chi connectivity index (χ4v) is 2.05. The van der Waals surface area contributed by atoms with Gasteiger partial charge in [0.15, 0.2) is 0 Å². The smallest absolute Gasteiger partial charge is 0.372 e. The van der Waals surface area contributed by atoms with Gasteiger partial charge in [-0.15, -0.1) is 0 Å². The molecule has 0 aromatic heterocycles. The fraction of sp³-hybridized carbons (Fsp3) is 0.571. The molecule has 0 saturated heterocycles. The molecule has 0 aliphatic heterocycles. The third kappa shape index (κ3) is 5.09. The van der Waals surface area contributed by atoms with Gasteiger partial charge in [0.05, 0.1) is 0 Å². The highest BCUT2D eigenvalue weighted by Gasteiger charge is 2.27. The molecule has 1 atom stereocenters. The minimum absolute atomic E-state index is 0.0134. The van der Waals surface area contributed by atoms with E-state index in [0.717, 1.165) is 5.56 Å². The van der Waals surface area contributed by atoms with Gasteiger partial charge in [-0.25, -0.2) is 4.39 Å². The van der Waals surface area contributed by atoms with Crippen molar-refractivity contribution < 1.29 is 22.3 Å². The zero-order valence-corrected chi connectivity index (χ0v) is 11.8. The Morgan fingerprint density at radius 2 is 1.75 bits per heavy atom. The van der Waals surface area contributed by atoms with E-state index >= 15 is 0 Å². The molecule has 1 unspecified atom stereocenters. The van der Waals surface area contributed by atoms with E-state index in [0.29, 0.717) is 17.5 Å². The standard InChI is InChI=1S/C14H19F4NO/c1-9-6-11(7-10(2)13(9)15)12(19-3)4-5-20-8-14(16,17)18/h6-7,12,19H,4-5,8H2,1-3H3. The van der Waals surface area contributed by atoms with Crippen LogP contribution in [-0.2, 0) is 4.74 Å². The van der Waals surface area contributed by atoms with Gasteiger partial charge in [-0.2, -0.15) is 13.2 Å². The Hall–Kier alpha value is -1.14. The molecule has 0 radical (unpaired) electrons. The molecule has 0 fully saturated rings. The number of hydrogen-bond acceptors (Lipinski definition) is 2. The van der Waals surface area contributed by atoms with Gasteiger partial charge in [-0.3, -0.25) is 0 Å². The van der Waals surface area contributed by atoms with Crippen LogP contribution in [0.3, 0.4) is 0 Å². The molecule has 0 aliphatic carbocycles. The highest BCUT2D eigenvalue weighted by Crippen LogP contribution is 2.23. The number of ether oxygens (including phenoxy) is 1. The predicted octanol–water partition coefficient (Wildman–Crippen LogP) is 3.67.